The maximum atomic E-state index is 4.49. The average molecular weight is 176 g/mol. The Labute approximate surface area is 65.1 Å². The minimum Gasteiger partial charge on any atom is -0.345 e. The van der Waals surface area contributed by atoms with E-state index in [0.717, 1.165) is 0 Å². The van der Waals surface area contributed by atoms with Crippen LogP contribution >= 0.6 is 0 Å². The van der Waals surface area contributed by atoms with E-state index in [1.54, 1.807) is 0 Å². The molecule has 0 nitrogen and oxygen atoms in total. The first kappa shape index (κ1) is 15.7. The second-order valence-electron chi connectivity index (χ2n) is 1.70. The van der Waals surface area contributed by atoms with Crippen LogP contribution in [-0.4, -0.2) is 8.80 Å². The smallest absolute Gasteiger partial charge is 0.345 e. The Bertz CT molecular complexity index is 51.3. The van der Waals surface area contributed by atoms with Gasteiger partial charge in [-0.25, -0.2) is 0 Å². The van der Waals surface area contributed by atoms with Crippen LogP contribution in [0.2, 0.25) is 19.6 Å². The molecule has 0 aliphatic rings. The summed E-state index contributed by atoms with van der Waals surface area (Å²) in [5.74, 6) is 2.00. The van der Waals surface area contributed by atoms with Crippen LogP contribution in [0.3, 0.4) is 0 Å². The minimum absolute atomic E-state index is 0. The molecule has 8 heavy (non-hydrogen) atoms. The Morgan fingerprint density at radius 2 is 1.38 bits per heavy atom. The molecule has 0 atom stereocenters. The zero-order valence-corrected chi connectivity index (χ0v) is 7.53. The van der Waals surface area contributed by atoms with Gasteiger partial charge in [-0.1, -0.05) is 19.6 Å². The Morgan fingerprint density at radius 3 is 1.38 bits per heavy atom. The van der Waals surface area contributed by atoms with Crippen molar-refractivity contribution in [1.82, 2.24) is 0 Å². The standard InChI is InChI=1S/C3H9Si.C3H3.Cu/c1-4(2)3;1-3-2;/h1-3H3;1H,2H2;/q;-1;+1. The summed E-state index contributed by atoms with van der Waals surface area (Å²) in [6.07, 6.45) is 4.49. The summed E-state index contributed by atoms with van der Waals surface area (Å²) in [5.41, 5.74) is 0. The Hall–Kier alpha value is 0.166. The van der Waals surface area contributed by atoms with Crippen molar-refractivity contribution in [3.8, 4) is 12.3 Å². The molecule has 0 aromatic heterocycles. The van der Waals surface area contributed by atoms with Crippen LogP contribution in [0.25, 0.3) is 0 Å². The van der Waals surface area contributed by atoms with Crippen molar-refractivity contribution in [2.75, 3.05) is 0 Å². The SMILES string of the molecule is C#C[CH2-].C[Si](C)C.[Cu+]. The van der Waals surface area contributed by atoms with Crippen molar-refractivity contribution in [2.24, 2.45) is 0 Å². The second kappa shape index (κ2) is 15.7. The van der Waals surface area contributed by atoms with Gasteiger partial charge in [0.2, 0.25) is 0 Å². The van der Waals surface area contributed by atoms with Gasteiger partial charge in [0, 0.05) is 8.80 Å². The summed E-state index contributed by atoms with van der Waals surface area (Å²) >= 11 is 0. The van der Waals surface area contributed by atoms with Gasteiger partial charge in [0.25, 0.3) is 0 Å². The first-order valence-corrected chi connectivity index (χ1v) is 5.14. The third-order valence-electron chi connectivity index (χ3n) is 0. The van der Waals surface area contributed by atoms with E-state index in [1.165, 1.54) is 0 Å². The normalized spacial score (nSPS) is 5.38. The zero-order chi connectivity index (χ0) is 6.28. The molecule has 0 aromatic carbocycles. The van der Waals surface area contributed by atoms with Crippen LogP contribution in [0.1, 0.15) is 0 Å². The van der Waals surface area contributed by atoms with Crippen LogP contribution in [-0.2, 0) is 17.1 Å². The van der Waals surface area contributed by atoms with Crippen LogP contribution in [0.4, 0.5) is 0 Å². The fourth-order valence-corrected chi connectivity index (χ4v) is 0. The molecule has 0 aromatic rings. The third-order valence-corrected chi connectivity index (χ3v) is 0. The number of hydrogen-bond acceptors (Lipinski definition) is 0. The largest absolute Gasteiger partial charge is 1.00 e. The topological polar surface area (TPSA) is 0 Å². The molecule has 0 spiro atoms. The summed E-state index contributed by atoms with van der Waals surface area (Å²) in [7, 11) is 0.120. The van der Waals surface area contributed by atoms with Crippen LogP contribution < -0.4 is 0 Å². The molecule has 51 valence electrons. The maximum absolute atomic E-state index is 4.49. The molecule has 0 saturated heterocycles. The van der Waals surface area contributed by atoms with Gasteiger partial charge in [-0.05, 0) is 0 Å². The fourth-order valence-electron chi connectivity index (χ4n) is 0. The van der Waals surface area contributed by atoms with Gasteiger partial charge in [-0.2, -0.15) is 6.92 Å². The number of terminal acetylenes is 1. The molecule has 0 unspecified atom stereocenters. The van der Waals surface area contributed by atoms with Gasteiger partial charge in [-0.3, -0.25) is 0 Å². The van der Waals surface area contributed by atoms with Gasteiger partial charge < -0.3 is 12.3 Å². The molecule has 0 rings (SSSR count). The van der Waals surface area contributed by atoms with E-state index >= 15 is 0 Å². The molecule has 0 aliphatic carbocycles. The number of hydrogen-bond donors (Lipinski definition) is 0. The predicted molar refractivity (Wildman–Crippen MR) is 37.5 cm³/mol. The van der Waals surface area contributed by atoms with Crippen LogP contribution in [0.15, 0.2) is 0 Å². The van der Waals surface area contributed by atoms with Crippen molar-refractivity contribution in [1.29, 1.82) is 0 Å². The molecule has 0 N–H and O–H groups in total. The van der Waals surface area contributed by atoms with Crippen molar-refractivity contribution in [3.63, 3.8) is 0 Å². The summed E-state index contributed by atoms with van der Waals surface area (Å²) in [4.78, 5) is 0. The van der Waals surface area contributed by atoms with Gasteiger partial charge >= 0.3 is 17.1 Å². The fraction of sp³-hybridized carbons (Fsp3) is 0.500. The molecule has 0 heterocycles. The van der Waals surface area contributed by atoms with Gasteiger partial charge in [0.05, 0.1) is 0 Å². The maximum Gasteiger partial charge on any atom is 1.00 e. The molecule has 0 saturated carbocycles. The summed E-state index contributed by atoms with van der Waals surface area (Å²) in [5, 5.41) is 0. The first-order chi connectivity index (χ1) is 3.15. The summed E-state index contributed by atoms with van der Waals surface area (Å²) in [6.45, 7) is 9.82. The monoisotopic (exact) mass is 175 g/mol. The molecule has 0 amide bonds. The van der Waals surface area contributed by atoms with E-state index in [4.69, 9.17) is 0 Å². The summed E-state index contributed by atoms with van der Waals surface area (Å²) in [6, 6.07) is 0. The Balaban J connectivity index is -0.0000000575. The van der Waals surface area contributed by atoms with Gasteiger partial charge in [0.1, 0.15) is 0 Å². The third kappa shape index (κ3) is 5950. The van der Waals surface area contributed by atoms with Crippen LogP contribution in [0.5, 0.6) is 0 Å². The second-order valence-corrected chi connectivity index (χ2v) is 4.70. The quantitative estimate of drug-likeness (QED) is 0.300. The van der Waals surface area contributed by atoms with E-state index < -0.39 is 0 Å². The molecule has 2 heteroatoms. The van der Waals surface area contributed by atoms with Gasteiger partial charge in [-0.15, -0.1) is 0 Å². The first-order valence-electron chi connectivity index (χ1n) is 2.14. The Kier molecular flexibility index (Phi) is 30.8. The van der Waals surface area contributed by atoms with E-state index in [0.29, 0.717) is 0 Å². The molecule has 0 aliphatic heterocycles. The van der Waals surface area contributed by atoms with Crippen molar-refractivity contribution in [3.05, 3.63) is 6.92 Å². The Morgan fingerprint density at radius 1 is 1.38 bits per heavy atom. The molecular formula is C6H12CuSi. The molecule has 1 radical (unpaired) electrons. The van der Waals surface area contributed by atoms with E-state index in [1.807, 2.05) is 5.92 Å². The number of rotatable bonds is 0. The summed E-state index contributed by atoms with van der Waals surface area (Å²) < 4.78 is 0. The molecule has 0 bridgehead atoms. The van der Waals surface area contributed by atoms with E-state index in [2.05, 4.69) is 33.0 Å². The van der Waals surface area contributed by atoms with Gasteiger partial charge in [0.15, 0.2) is 0 Å². The van der Waals surface area contributed by atoms with E-state index in [-0.39, 0.29) is 25.9 Å². The zero-order valence-electron chi connectivity index (χ0n) is 5.59. The minimum atomic E-state index is 0. The van der Waals surface area contributed by atoms with Crippen molar-refractivity contribution < 1.29 is 17.1 Å². The van der Waals surface area contributed by atoms with Crippen molar-refractivity contribution in [2.45, 2.75) is 19.6 Å². The predicted octanol–water partition coefficient (Wildman–Crippen LogP) is 1.82. The molecule has 0 fully saturated rings. The molecular weight excluding hydrogens is 164 g/mol. The van der Waals surface area contributed by atoms with Crippen molar-refractivity contribution >= 4 is 8.80 Å². The van der Waals surface area contributed by atoms with E-state index in [9.17, 15) is 0 Å². The average Bonchev–Trinajstić information content (AvgIpc) is 1.33. The van der Waals surface area contributed by atoms with Crippen LogP contribution in [0, 0.1) is 19.3 Å².